The van der Waals surface area contributed by atoms with Gasteiger partial charge in [0, 0.05) is 32.1 Å². The van der Waals surface area contributed by atoms with Gasteiger partial charge in [0.2, 0.25) is 0 Å². The van der Waals surface area contributed by atoms with Crippen LogP contribution in [-0.4, -0.2) is 73.3 Å². The van der Waals surface area contributed by atoms with Crippen LogP contribution in [0, 0.1) is 0 Å². The van der Waals surface area contributed by atoms with Crippen LogP contribution in [0.4, 0.5) is 0 Å². The summed E-state index contributed by atoms with van der Waals surface area (Å²) >= 11 is 0. The quantitative estimate of drug-likeness (QED) is 0.0335. The second-order valence-electron chi connectivity index (χ2n) is 19.1. The molecule has 0 radical (unpaired) electrons. The van der Waals surface area contributed by atoms with E-state index in [1.54, 1.807) is 6.92 Å². The molecule has 378 valence electrons. The van der Waals surface area contributed by atoms with Crippen molar-refractivity contribution in [3.05, 3.63) is 0 Å². The van der Waals surface area contributed by atoms with E-state index < -0.39 is 0 Å². The summed E-state index contributed by atoms with van der Waals surface area (Å²) in [5, 5.41) is 0. The van der Waals surface area contributed by atoms with Gasteiger partial charge in [-0.15, -0.1) is 0 Å². The zero-order chi connectivity index (χ0) is 47.1. The van der Waals surface area contributed by atoms with Gasteiger partial charge in [-0.05, 0) is 104 Å². The number of carbonyl (C=O) groups excluding carboxylic acids is 4. The number of rotatable bonds is 49. The van der Waals surface area contributed by atoms with Crippen LogP contribution in [0.3, 0.4) is 0 Å². The molecule has 0 aliphatic heterocycles. The largest absolute Gasteiger partial charge is 0.466 e. The van der Waals surface area contributed by atoms with Crippen molar-refractivity contribution >= 4 is 23.9 Å². The smallest absolute Gasteiger partial charge is 0.306 e. The van der Waals surface area contributed by atoms with Gasteiger partial charge in [0.1, 0.15) is 18.3 Å². The molecule has 2 atom stereocenters. The molecule has 0 aliphatic carbocycles. The Morgan fingerprint density at radius 1 is 0.375 bits per heavy atom. The normalized spacial score (nSPS) is 12.4. The lowest BCUT2D eigenvalue weighted by atomic mass is 10.0. The maximum Gasteiger partial charge on any atom is 0.306 e. The summed E-state index contributed by atoms with van der Waals surface area (Å²) in [6.45, 7) is 15.8. The minimum Gasteiger partial charge on any atom is -0.466 e. The van der Waals surface area contributed by atoms with Crippen molar-refractivity contribution in [2.24, 2.45) is 0 Å². The maximum atomic E-state index is 12.9. The minimum absolute atomic E-state index is 0.00254. The fourth-order valence-corrected chi connectivity index (χ4v) is 8.49. The fourth-order valence-electron chi connectivity index (χ4n) is 8.49. The molecule has 64 heavy (non-hydrogen) atoms. The maximum absolute atomic E-state index is 12.9. The molecule has 0 aliphatic rings. The highest BCUT2D eigenvalue weighted by molar-refractivity contribution is 5.70. The summed E-state index contributed by atoms with van der Waals surface area (Å²) < 4.78 is 22.5. The van der Waals surface area contributed by atoms with Crippen LogP contribution in [0.25, 0.3) is 0 Å². The van der Waals surface area contributed by atoms with Crippen LogP contribution in [0.1, 0.15) is 286 Å². The molecule has 0 aromatic carbocycles. The van der Waals surface area contributed by atoms with Gasteiger partial charge in [-0.1, -0.05) is 169 Å². The first kappa shape index (κ1) is 61.8. The number of hydrogen-bond acceptors (Lipinski definition) is 9. The molecule has 9 nitrogen and oxygen atoms in total. The molecule has 0 fully saturated rings. The van der Waals surface area contributed by atoms with Gasteiger partial charge in [-0.2, -0.15) is 0 Å². The second kappa shape index (κ2) is 47.3. The summed E-state index contributed by atoms with van der Waals surface area (Å²) in [4.78, 5) is 51.8. The predicted molar refractivity (Wildman–Crippen MR) is 267 cm³/mol. The highest BCUT2D eigenvalue weighted by Crippen LogP contribution is 2.19. The zero-order valence-electron chi connectivity index (χ0n) is 43.1. The van der Waals surface area contributed by atoms with E-state index in [0.29, 0.717) is 38.7 Å². The number of esters is 4. The summed E-state index contributed by atoms with van der Waals surface area (Å²) in [7, 11) is 0. The molecule has 0 aromatic heterocycles. The number of ether oxygens (including phenoxy) is 4. The van der Waals surface area contributed by atoms with Gasteiger partial charge in [-0.3, -0.25) is 19.2 Å². The summed E-state index contributed by atoms with van der Waals surface area (Å²) in [6, 6.07) is 0. The van der Waals surface area contributed by atoms with Crippen LogP contribution in [-0.2, 0) is 38.1 Å². The van der Waals surface area contributed by atoms with Crippen LogP contribution < -0.4 is 0 Å². The number of nitrogens with zero attached hydrogens (tertiary/aromatic N) is 1. The monoisotopic (exact) mass is 908 g/mol. The van der Waals surface area contributed by atoms with Gasteiger partial charge >= 0.3 is 23.9 Å². The van der Waals surface area contributed by atoms with E-state index in [2.05, 4.69) is 25.7 Å². The zero-order valence-corrected chi connectivity index (χ0v) is 43.1. The minimum atomic E-state index is -0.295. The summed E-state index contributed by atoms with van der Waals surface area (Å²) in [6.07, 6.45) is 40.0. The molecule has 0 saturated carbocycles. The molecule has 0 aromatic rings. The first-order valence-corrected chi connectivity index (χ1v) is 27.6. The molecule has 0 rings (SSSR count). The van der Waals surface area contributed by atoms with E-state index in [0.717, 1.165) is 135 Å². The summed E-state index contributed by atoms with van der Waals surface area (Å²) in [5.74, 6) is -0.476. The molecular weight excluding hydrogens is 803 g/mol. The van der Waals surface area contributed by atoms with E-state index >= 15 is 0 Å². The second-order valence-corrected chi connectivity index (χ2v) is 19.1. The van der Waals surface area contributed by atoms with Crippen molar-refractivity contribution in [3.8, 4) is 0 Å². The van der Waals surface area contributed by atoms with E-state index in [9.17, 15) is 19.2 Å². The molecule has 0 saturated heterocycles. The topological polar surface area (TPSA) is 108 Å². The third-order valence-corrected chi connectivity index (χ3v) is 12.5. The molecule has 0 heterocycles. The van der Waals surface area contributed by atoms with Crippen LogP contribution in [0.2, 0.25) is 0 Å². The van der Waals surface area contributed by atoms with Gasteiger partial charge < -0.3 is 23.8 Å². The van der Waals surface area contributed by atoms with Crippen LogP contribution in [0.15, 0.2) is 0 Å². The molecular formula is C55H105NO8. The Morgan fingerprint density at radius 3 is 1.19 bits per heavy atom. The Balaban J connectivity index is 4.66. The van der Waals surface area contributed by atoms with E-state index in [1.807, 2.05) is 13.8 Å². The lowest BCUT2D eigenvalue weighted by Gasteiger charge is -2.22. The third kappa shape index (κ3) is 43.7. The van der Waals surface area contributed by atoms with Gasteiger partial charge in [0.05, 0.1) is 6.61 Å². The highest BCUT2D eigenvalue weighted by Gasteiger charge is 2.17. The molecule has 0 bridgehead atoms. The van der Waals surface area contributed by atoms with Crippen molar-refractivity contribution in [3.63, 3.8) is 0 Å². The van der Waals surface area contributed by atoms with Gasteiger partial charge in [-0.25, -0.2) is 0 Å². The average Bonchev–Trinajstić information content (AvgIpc) is 3.26. The van der Waals surface area contributed by atoms with E-state index in [4.69, 9.17) is 18.9 Å². The fraction of sp³-hybridized carbons (Fsp3) is 0.927. The first-order valence-electron chi connectivity index (χ1n) is 27.6. The molecule has 9 heteroatoms. The Hall–Kier alpha value is -2.16. The summed E-state index contributed by atoms with van der Waals surface area (Å²) in [5.41, 5.74) is 0. The van der Waals surface area contributed by atoms with Gasteiger partial charge in [0.25, 0.3) is 0 Å². The van der Waals surface area contributed by atoms with Gasteiger partial charge in [0.15, 0.2) is 0 Å². The highest BCUT2D eigenvalue weighted by atomic mass is 16.6. The molecule has 0 amide bonds. The van der Waals surface area contributed by atoms with E-state index in [-0.39, 0.29) is 42.2 Å². The SMILES string of the molecule is CCCCCCCCCOC(=O)CCCCCCCN(CCCCCCCC(=O)OC(CCCCCCCC)CCCCCCCC)CCCCC(=O)OC(C)CC(C)OC(=O)CC. The lowest BCUT2D eigenvalue weighted by Crippen LogP contribution is -2.27. The average molecular weight is 908 g/mol. The Kier molecular flexibility index (Phi) is 45.7. The third-order valence-electron chi connectivity index (χ3n) is 12.5. The van der Waals surface area contributed by atoms with Crippen molar-refractivity contribution in [2.45, 2.75) is 304 Å². The first-order chi connectivity index (χ1) is 31.1. The Labute approximate surface area is 395 Å². The van der Waals surface area contributed by atoms with Crippen molar-refractivity contribution in [1.82, 2.24) is 4.90 Å². The van der Waals surface area contributed by atoms with Crippen molar-refractivity contribution in [2.75, 3.05) is 26.2 Å². The predicted octanol–water partition coefficient (Wildman–Crippen LogP) is 15.5. The Bertz CT molecular complexity index is 1050. The van der Waals surface area contributed by atoms with Crippen LogP contribution >= 0.6 is 0 Å². The van der Waals surface area contributed by atoms with E-state index in [1.165, 1.54) is 96.3 Å². The van der Waals surface area contributed by atoms with Crippen LogP contribution in [0.5, 0.6) is 0 Å². The van der Waals surface area contributed by atoms with Crippen molar-refractivity contribution < 1.29 is 38.1 Å². The molecule has 0 spiro atoms. The number of hydrogen-bond donors (Lipinski definition) is 0. The lowest BCUT2D eigenvalue weighted by molar-refractivity contribution is -0.154. The molecule has 2 unspecified atom stereocenters. The van der Waals surface area contributed by atoms with Crippen molar-refractivity contribution in [1.29, 1.82) is 0 Å². The molecule has 0 N–H and O–H groups in total. The Morgan fingerprint density at radius 2 is 0.719 bits per heavy atom. The number of carbonyl (C=O) groups is 4. The number of unbranched alkanes of at least 4 members (excludes halogenated alkanes) is 25. The standard InChI is InChI=1S/C55H105NO8/c1-7-11-14-17-20-29-38-47-61-53(58)41-32-25-21-27-35-44-56(46-37-34-43-54(59)63-50(6)48-49(5)62-52(57)10-4)45-36-28-22-26-33-42-55(60)64-51(39-30-23-18-15-12-8-2)40-31-24-19-16-13-9-3/h49-51H,7-48H2,1-6H3.